The summed E-state index contributed by atoms with van der Waals surface area (Å²) < 4.78 is 0. The van der Waals surface area contributed by atoms with E-state index in [0.29, 0.717) is 5.52 Å². The number of hydrogen-bond donors (Lipinski definition) is 3. The molecule has 0 atom stereocenters. The second-order valence-electron chi connectivity index (χ2n) is 2.82. The third-order valence-electron chi connectivity index (χ3n) is 1.83. The van der Waals surface area contributed by atoms with Crippen LogP contribution in [0.3, 0.4) is 0 Å². The van der Waals surface area contributed by atoms with Gasteiger partial charge in [0.05, 0.1) is 10.4 Å². The van der Waals surface area contributed by atoms with Crippen molar-refractivity contribution in [3.8, 4) is 11.8 Å². The molecule has 0 saturated carbocycles. The topological polar surface area (TPSA) is 107 Å². The van der Waals surface area contributed by atoms with Gasteiger partial charge >= 0.3 is 5.69 Å². The lowest BCUT2D eigenvalue weighted by molar-refractivity contribution is -0.729. The first-order chi connectivity index (χ1) is 7.08. The Bertz CT molecular complexity index is 555. The second kappa shape index (κ2) is 3.05. The Morgan fingerprint density at radius 2 is 1.67 bits per heavy atom. The van der Waals surface area contributed by atoms with Gasteiger partial charge in [0.2, 0.25) is 0 Å². The molecule has 0 aliphatic heterocycles. The van der Waals surface area contributed by atoms with Crippen LogP contribution in [0.4, 0.5) is 5.69 Å². The van der Waals surface area contributed by atoms with E-state index in [2.05, 4.69) is 9.97 Å². The van der Waals surface area contributed by atoms with Crippen LogP contribution < -0.4 is 0 Å². The molecular formula is C8H6N3O4+. The highest BCUT2D eigenvalue weighted by atomic mass is 16.6. The first-order valence-corrected chi connectivity index (χ1v) is 3.94. The van der Waals surface area contributed by atoms with Crippen LogP contribution in [0.1, 0.15) is 0 Å². The molecule has 0 saturated heterocycles. The molecular weight excluding hydrogens is 202 g/mol. The molecule has 1 aromatic heterocycles. The smallest absolute Gasteiger partial charge is 0.318 e. The molecule has 0 amide bonds. The minimum absolute atomic E-state index is 0.0399. The van der Waals surface area contributed by atoms with Gasteiger partial charge in [-0.05, 0) is 6.07 Å². The summed E-state index contributed by atoms with van der Waals surface area (Å²) in [5, 5.41) is 26.7. The Labute approximate surface area is 82.8 Å². The molecule has 1 aromatic carbocycles. The van der Waals surface area contributed by atoms with E-state index in [1.807, 2.05) is 0 Å². The maximum Gasteiger partial charge on any atom is 0.318 e. The fourth-order valence-corrected chi connectivity index (χ4v) is 1.14. The largest absolute Gasteiger partial charge is 0.489 e. The van der Waals surface area contributed by atoms with E-state index in [1.54, 1.807) is 0 Å². The van der Waals surface area contributed by atoms with Crippen LogP contribution in [0, 0.1) is 4.91 Å². The molecule has 2 aromatic rings. The molecule has 1 heterocycles. The summed E-state index contributed by atoms with van der Waals surface area (Å²) in [5.74, 6) is -1.21. The summed E-state index contributed by atoms with van der Waals surface area (Å²) >= 11 is 0. The standard InChI is InChI=1S/C8H5N3O4/c12-7-8(13)10-6-3-4(11(14)15)1-2-5(6)9-7/h1-3H,(H2-,9,10,12,13,14,15)/p+1. The predicted octanol–water partition coefficient (Wildman–Crippen LogP) is 0.841. The minimum Gasteiger partial charge on any atom is -0.489 e. The molecule has 76 valence electrons. The number of fused-ring (bicyclic) bond motifs is 1. The van der Waals surface area contributed by atoms with Gasteiger partial charge in [-0.3, -0.25) is 0 Å². The Balaban J connectivity index is 2.72. The van der Waals surface area contributed by atoms with E-state index in [9.17, 15) is 4.91 Å². The van der Waals surface area contributed by atoms with Gasteiger partial charge in [0, 0.05) is 12.1 Å². The summed E-state index contributed by atoms with van der Waals surface area (Å²) in [7, 11) is 0. The Kier molecular flexibility index (Phi) is 1.86. The third-order valence-corrected chi connectivity index (χ3v) is 1.83. The van der Waals surface area contributed by atoms with E-state index in [0.717, 1.165) is 0 Å². The van der Waals surface area contributed by atoms with Crippen molar-refractivity contribution in [3.63, 3.8) is 0 Å². The molecule has 0 radical (unpaired) electrons. The van der Waals surface area contributed by atoms with E-state index in [4.69, 9.17) is 15.4 Å². The predicted molar refractivity (Wildman–Crippen MR) is 47.9 cm³/mol. The van der Waals surface area contributed by atoms with Gasteiger partial charge in [0.25, 0.3) is 16.7 Å². The van der Waals surface area contributed by atoms with Crippen LogP contribution in [0.15, 0.2) is 18.2 Å². The van der Waals surface area contributed by atoms with Crippen LogP contribution in [0.2, 0.25) is 0 Å². The van der Waals surface area contributed by atoms with Gasteiger partial charge in [0.1, 0.15) is 5.52 Å². The first kappa shape index (κ1) is 9.13. The maximum absolute atomic E-state index is 10.6. The van der Waals surface area contributed by atoms with Crippen LogP contribution in [0.5, 0.6) is 11.8 Å². The lowest BCUT2D eigenvalue weighted by Crippen LogP contribution is -1.93. The molecule has 7 nitrogen and oxygen atoms in total. The normalized spacial score (nSPS) is 10.4. The summed E-state index contributed by atoms with van der Waals surface area (Å²) in [4.78, 5) is 17.4. The molecule has 0 spiro atoms. The van der Waals surface area contributed by atoms with Crippen molar-refractivity contribution in [2.45, 2.75) is 0 Å². The summed E-state index contributed by atoms with van der Waals surface area (Å²) in [6, 6.07) is 3.92. The number of benzene rings is 1. The summed E-state index contributed by atoms with van der Waals surface area (Å²) in [6.07, 6.45) is 0. The minimum atomic E-state index is -0.630. The van der Waals surface area contributed by atoms with Gasteiger partial charge in [-0.1, -0.05) is 0 Å². The average Bonchev–Trinajstić information content (AvgIpc) is 2.19. The number of rotatable bonds is 1. The van der Waals surface area contributed by atoms with Crippen LogP contribution in [-0.2, 0) is 0 Å². The second-order valence-corrected chi connectivity index (χ2v) is 2.82. The molecule has 0 bridgehead atoms. The Morgan fingerprint density at radius 3 is 2.27 bits per heavy atom. The van der Waals surface area contributed by atoms with Crippen LogP contribution in [0.25, 0.3) is 11.0 Å². The van der Waals surface area contributed by atoms with E-state index < -0.39 is 11.8 Å². The van der Waals surface area contributed by atoms with Gasteiger partial charge < -0.3 is 10.2 Å². The van der Waals surface area contributed by atoms with Crippen molar-refractivity contribution in [3.05, 3.63) is 23.1 Å². The summed E-state index contributed by atoms with van der Waals surface area (Å²) in [5.41, 5.74) is 0.454. The molecule has 0 aliphatic carbocycles. The Morgan fingerprint density at radius 1 is 1.07 bits per heavy atom. The van der Waals surface area contributed by atoms with Crippen molar-refractivity contribution >= 4 is 16.7 Å². The van der Waals surface area contributed by atoms with Crippen molar-refractivity contribution < 1.29 is 20.3 Å². The zero-order chi connectivity index (χ0) is 11.0. The lowest BCUT2D eigenvalue weighted by Gasteiger charge is -1.98. The van der Waals surface area contributed by atoms with Crippen molar-refractivity contribution in [1.29, 1.82) is 0 Å². The Hall–Kier alpha value is -2.44. The molecule has 15 heavy (non-hydrogen) atoms. The molecule has 7 heteroatoms. The van der Waals surface area contributed by atoms with Crippen molar-refractivity contribution in [2.24, 2.45) is 0 Å². The maximum atomic E-state index is 10.6. The first-order valence-electron chi connectivity index (χ1n) is 3.94. The molecule has 0 fully saturated rings. The molecule has 0 unspecified atom stereocenters. The number of hydrogen-bond acceptors (Lipinski definition) is 5. The van der Waals surface area contributed by atoms with Crippen molar-refractivity contribution in [2.75, 3.05) is 0 Å². The van der Waals surface area contributed by atoms with Gasteiger partial charge in [-0.2, -0.15) is 0 Å². The highest BCUT2D eigenvalue weighted by Crippen LogP contribution is 2.24. The third kappa shape index (κ3) is 1.50. The number of nitrogens with zero attached hydrogens (tertiary/aromatic N) is 3. The number of aromatic nitrogens is 2. The van der Waals surface area contributed by atoms with Crippen molar-refractivity contribution in [1.82, 2.24) is 9.97 Å². The zero-order valence-corrected chi connectivity index (χ0v) is 7.32. The SMILES string of the molecule is O=[N+](O)c1ccc2nc(O)c(O)nc2c1. The van der Waals surface area contributed by atoms with Crippen LogP contribution >= 0.6 is 0 Å². The van der Waals surface area contributed by atoms with E-state index in [1.165, 1.54) is 18.2 Å². The highest BCUT2D eigenvalue weighted by Gasteiger charge is 2.14. The van der Waals surface area contributed by atoms with E-state index in [-0.39, 0.29) is 16.1 Å². The fraction of sp³-hybridized carbons (Fsp3) is 0. The molecule has 0 aliphatic rings. The average molecular weight is 208 g/mol. The number of aromatic hydroxyl groups is 2. The van der Waals surface area contributed by atoms with Gasteiger partial charge in [-0.25, -0.2) is 15.2 Å². The van der Waals surface area contributed by atoms with Gasteiger partial charge in [0.15, 0.2) is 0 Å². The van der Waals surface area contributed by atoms with E-state index >= 15 is 0 Å². The fourth-order valence-electron chi connectivity index (χ4n) is 1.14. The lowest BCUT2D eigenvalue weighted by atomic mass is 10.2. The zero-order valence-electron chi connectivity index (χ0n) is 7.32. The highest BCUT2D eigenvalue weighted by molar-refractivity contribution is 5.78. The summed E-state index contributed by atoms with van der Waals surface area (Å²) in [6.45, 7) is 0. The van der Waals surface area contributed by atoms with Gasteiger partial charge in [-0.15, -0.1) is 0 Å². The monoisotopic (exact) mass is 208 g/mol. The van der Waals surface area contributed by atoms with Crippen LogP contribution in [-0.4, -0.2) is 30.3 Å². The molecule has 3 N–H and O–H groups in total. The molecule has 2 rings (SSSR count). The quantitative estimate of drug-likeness (QED) is 0.599.